The minimum absolute atomic E-state index is 0.187. The Labute approximate surface area is 172 Å². The Morgan fingerprint density at radius 3 is 2.97 bits per heavy atom. The van der Waals surface area contributed by atoms with Crippen LogP contribution in [-0.2, 0) is 10.0 Å². The molecule has 1 aliphatic heterocycles. The molecule has 0 amide bonds. The van der Waals surface area contributed by atoms with E-state index in [2.05, 4.69) is 25.3 Å². The lowest BCUT2D eigenvalue weighted by molar-refractivity contribution is 0.263. The number of piperidine rings is 1. The van der Waals surface area contributed by atoms with Gasteiger partial charge in [-0.1, -0.05) is 18.0 Å². The molecule has 0 aromatic carbocycles. The number of sulfonamides is 1. The first kappa shape index (κ1) is 20.0. The maximum Gasteiger partial charge on any atom is 0.218 e. The summed E-state index contributed by atoms with van der Waals surface area (Å²) in [7, 11) is -3.30. The predicted molar refractivity (Wildman–Crippen MR) is 110 cm³/mol. The van der Waals surface area contributed by atoms with Crippen molar-refractivity contribution in [2.45, 2.75) is 25.3 Å². The third-order valence-electron chi connectivity index (χ3n) is 4.95. The van der Waals surface area contributed by atoms with Gasteiger partial charge in [-0.3, -0.25) is 0 Å². The predicted octanol–water partition coefficient (Wildman–Crippen LogP) is 3.04. The summed E-state index contributed by atoms with van der Waals surface area (Å²) in [5.41, 5.74) is 1.17. The van der Waals surface area contributed by atoms with Crippen LogP contribution in [0.2, 0.25) is 5.02 Å². The molecule has 1 fully saturated rings. The average Bonchev–Trinajstić information content (AvgIpc) is 3.08. The lowest BCUT2D eigenvalue weighted by Crippen LogP contribution is -2.46. The highest BCUT2D eigenvalue weighted by molar-refractivity contribution is 7.88. The standard InChI is InChI=1S/C18H20ClFN6O2S/c1-29(27,28)26-5-3-2-4-12(26)9-21-16-7-15(20)24-18(25-16)14-10-23-17-13(14)6-11(19)8-22-17/h6-8,10,12H,2-5,9H2,1H3,(H,22,23)(H,21,24,25)/t12-/m1/s1. The molecule has 4 heterocycles. The van der Waals surface area contributed by atoms with E-state index < -0.39 is 16.0 Å². The van der Waals surface area contributed by atoms with Gasteiger partial charge in [-0.2, -0.15) is 13.7 Å². The van der Waals surface area contributed by atoms with Crippen molar-refractivity contribution in [3.63, 3.8) is 0 Å². The Morgan fingerprint density at radius 2 is 2.17 bits per heavy atom. The fourth-order valence-electron chi connectivity index (χ4n) is 3.63. The number of aromatic nitrogens is 4. The largest absolute Gasteiger partial charge is 0.368 e. The summed E-state index contributed by atoms with van der Waals surface area (Å²) >= 11 is 6.03. The van der Waals surface area contributed by atoms with Crippen LogP contribution in [0.15, 0.2) is 24.5 Å². The van der Waals surface area contributed by atoms with Crippen LogP contribution in [0, 0.1) is 5.95 Å². The molecule has 11 heteroatoms. The summed E-state index contributed by atoms with van der Waals surface area (Å²) in [4.78, 5) is 15.5. The summed E-state index contributed by atoms with van der Waals surface area (Å²) in [5, 5.41) is 4.20. The van der Waals surface area contributed by atoms with Crippen molar-refractivity contribution >= 4 is 38.5 Å². The molecule has 0 saturated carbocycles. The van der Waals surface area contributed by atoms with Crippen LogP contribution in [0.3, 0.4) is 0 Å². The molecule has 0 bridgehead atoms. The van der Waals surface area contributed by atoms with Gasteiger partial charge in [0.25, 0.3) is 0 Å². The van der Waals surface area contributed by atoms with Crippen molar-refractivity contribution in [1.82, 2.24) is 24.2 Å². The number of hydrogen-bond donors (Lipinski definition) is 2. The second-order valence-electron chi connectivity index (χ2n) is 7.06. The summed E-state index contributed by atoms with van der Waals surface area (Å²) in [6.07, 6.45) is 6.91. The number of anilines is 1. The highest BCUT2D eigenvalue weighted by atomic mass is 35.5. The maximum absolute atomic E-state index is 14.2. The number of rotatable bonds is 5. The molecule has 0 unspecified atom stereocenters. The highest BCUT2D eigenvalue weighted by Crippen LogP contribution is 2.28. The van der Waals surface area contributed by atoms with Gasteiger partial charge in [0, 0.05) is 48.5 Å². The number of aromatic amines is 1. The van der Waals surface area contributed by atoms with Crippen LogP contribution < -0.4 is 5.32 Å². The van der Waals surface area contributed by atoms with E-state index in [0.29, 0.717) is 34.7 Å². The van der Waals surface area contributed by atoms with Crippen molar-refractivity contribution in [2.24, 2.45) is 0 Å². The van der Waals surface area contributed by atoms with Gasteiger partial charge in [-0.15, -0.1) is 0 Å². The molecular formula is C18H20ClFN6O2S. The summed E-state index contributed by atoms with van der Waals surface area (Å²) < 4.78 is 39.7. The lowest BCUT2D eigenvalue weighted by Gasteiger charge is -2.33. The van der Waals surface area contributed by atoms with E-state index in [1.54, 1.807) is 12.3 Å². The van der Waals surface area contributed by atoms with E-state index >= 15 is 0 Å². The molecule has 0 radical (unpaired) electrons. The molecule has 1 saturated heterocycles. The van der Waals surface area contributed by atoms with E-state index in [1.807, 2.05) is 0 Å². The SMILES string of the molecule is CS(=O)(=O)N1CCCC[C@@H]1CNc1cc(F)nc(-c2c[nH]c3ncc(Cl)cc23)n1. The summed E-state index contributed by atoms with van der Waals surface area (Å²) in [6, 6.07) is 2.71. The first-order valence-corrected chi connectivity index (χ1v) is 11.4. The lowest BCUT2D eigenvalue weighted by atomic mass is 10.1. The van der Waals surface area contributed by atoms with Crippen molar-refractivity contribution in [1.29, 1.82) is 0 Å². The molecule has 0 spiro atoms. The van der Waals surface area contributed by atoms with Gasteiger partial charge in [-0.25, -0.2) is 18.4 Å². The van der Waals surface area contributed by atoms with Gasteiger partial charge in [0.1, 0.15) is 11.5 Å². The van der Waals surface area contributed by atoms with Crippen molar-refractivity contribution < 1.29 is 12.8 Å². The number of H-pyrrole nitrogens is 1. The van der Waals surface area contributed by atoms with Gasteiger partial charge in [0.15, 0.2) is 5.82 Å². The first-order chi connectivity index (χ1) is 13.8. The quantitative estimate of drug-likeness (QED) is 0.593. The van der Waals surface area contributed by atoms with E-state index in [4.69, 9.17) is 11.6 Å². The van der Waals surface area contributed by atoms with Gasteiger partial charge in [0.05, 0.1) is 11.3 Å². The fraction of sp³-hybridized carbons (Fsp3) is 0.389. The number of pyridine rings is 1. The van der Waals surface area contributed by atoms with Crippen LogP contribution >= 0.6 is 11.6 Å². The van der Waals surface area contributed by atoms with Crippen molar-refractivity contribution in [3.8, 4) is 11.4 Å². The number of nitrogens with zero attached hydrogens (tertiary/aromatic N) is 4. The van der Waals surface area contributed by atoms with E-state index in [1.165, 1.54) is 22.8 Å². The molecular weight excluding hydrogens is 419 g/mol. The number of halogens is 2. The molecule has 4 rings (SSSR count). The zero-order valence-electron chi connectivity index (χ0n) is 15.7. The van der Waals surface area contributed by atoms with Crippen LogP contribution in [0.1, 0.15) is 19.3 Å². The Bertz CT molecular complexity index is 1150. The topological polar surface area (TPSA) is 104 Å². The molecule has 8 nitrogen and oxygen atoms in total. The second-order valence-corrected chi connectivity index (χ2v) is 9.43. The minimum Gasteiger partial charge on any atom is -0.368 e. The summed E-state index contributed by atoms with van der Waals surface area (Å²) in [6.45, 7) is 0.835. The van der Waals surface area contributed by atoms with Crippen molar-refractivity contribution in [3.05, 3.63) is 35.5 Å². The zero-order valence-corrected chi connectivity index (χ0v) is 17.3. The number of hydrogen-bond acceptors (Lipinski definition) is 6. The first-order valence-electron chi connectivity index (χ1n) is 9.19. The fourth-order valence-corrected chi connectivity index (χ4v) is 4.97. The second kappa shape index (κ2) is 7.85. The molecule has 3 aromatic heterocycles. The smallest absolute Gasteiger partial charge is 0.218 e. The molecule has 29 heavy (non-hydrogen) atoms. The highest BCUT2D eigenvalue weighted by Gasteiger charge is 2.29. The zero-order chi connectivity index (χ0) is 20.6. The Hall–Kier alpha value is -2.30. The normalized spacial score (nSPS) is 18.2. The molecule has 154 valence electrons. The molecule has 1 atom stereocenters. The van der Waals surface area contributed by atoms with Crippen molar-refractivity contribution in [2.75, 3.05) is 24.7 Å². The molecule has 0 aliphatic carbocycles. The van der Waals surface area contributed by atoms with Crippen LogP contribution in [0.25, 0.3) is 22.4 Å². The monoisotopic (exact) mass is 438 g/mol. The number of fused-ring (bicyclic) bond motifs is 1. The third kappa shape index (κ3) is 4.34. The molecule has 2 N–H and O–H groups in total. The minimum atomic E-state index is -3.30. The Morgan fingerprint density at radius 1 is 1.34 bits per heavy atom. The van der Waals surface area contributed by atoms with Crippen LogP contribution in [0.5, 0.6) is 0 Å². The van der Waals surface area contributed by atoms with E-state index in [9.17, 15) is 12.8 Å². The third-order valence-corrected chi connectivity index (χ3v) is 6.49. The van der Waals surface area contributed by atoms with Crippen LogP contribution in [0.4, 0.5) is 10.2 Å². The van der Waals surface area contributed by atoms with Gasteiger partial charge in [0.2, 0.25) is 16.0 Å². The van der Waals surface area contributed by atoms with Gasteiger partial charge < -0.3 is 10.3 Å². The van der Waals surface area contributed by atoms with Gasteiger partial charge in [-0.05, 0) is 18.9 Å². The van der Waals surface area contributed by atoms with Gasteiger partial charge >= 0.3 is 0 Å². The summed E-state index contributed by atoms with van der Waals surface area (Å²) in [5.74, 6) is -0.215. The molecule has 3 aromatic rings. The van der Waals surface area contributed by atoms with Crippen LogP contribution in [-0.4, -0.2) is 58.0 Å². The molecule has 1 aliphatic rings. The van der Waals surface area contributed by atoms with E-state index in [0.717, 1.165) is 19.3 Å². The Kier molecular flexibility index (Phi) is 5.41. The number of nitrogens with one attached hydrogen (secondary N) is 2. The maximum atomic E-state index is 14.2. The van der Waals surface area contributed by atoms with E-state index in [-0.39, 0.29) is 17.7 Å². The Balaban J connectivity index is 1.59. The average molecular weight is 439 g/mol.